The van der Waals surface area contributed by atoms with Crippen LogP contribution in [0.2, 0.25) is 0 Å². The smallest absolute Gasteiger partial charge is 0.194 e. The Balaban J connectivity index is 0.00000261. The molecule has 8 nitrogen and oxygen atoms in total. The fourth-order valence-corrected chi connectivity index (χ4v) is 2.90. The van der Waals surface area contributed by atoms with Crippen molar-refractivity contribution in [2.45, 2.75) is 39.3 Å². The molecule has 1 aliphatic heterocycles. The third-order valence-corrected chi connectivity index (χ3v) is 4.35. The summed E-state index contributed by atoms with van der Waals surface area (Å²) in [6.07, 6.45) is 3.86. The second-order valence-electron chi connectivity index (χ2n) is 6.80. The van der Waals surface area contributed by atoms with Crippen molar-refractivity contribution in [3.05, 3.63) is 35.5 Å². The highest BCUT2D eigenvalue weighted by atomic mass is 127. The summed E-state index contributed by atoms with van der Waals surface area (Å²) in [5, 5.41) is 11.7. The lowest BCUT2D eigenvalue weighted by molar-refractivity contribution is -0.00806. The molecule has 1 unspecified atom stereocenters. The lowest BCUT2D eigenvalue weighted by Gasteiger charge is -2.34. The average molecular weight is 488 g/mol. The number of hydrogen-bond donors (Lipinski definition) is 1. The zero-order valence-electron chi connectivity index (χ0n) is 16.4. The normalized spacial score (nSPS) is 17.9. The topological polar surface area (TPSA) is 80.7 Å². The predicted molar refractivity (Wildman–Crippen MR) is 114 cm³/mol. The maximum atomic E-state index is 5.92. The molecule has 0 aromatic carbocycles. The number of aliphatic imine (C=N–C) groups is 1. The van der Waals surface area contributed by atoms with Crippen LogP contribution < -0.4 is 5.32 Å². The third-order valence-electron chi connectivity index (χ3n) is 4.35. The molecule has 1 aliphatic rings. The summed E-state index contributed by atoms with van der Waals surface area (Å²) < 4.78 is 13.1. The van der Waals surface area contributed by atoms with Gasteiger partial charge in [0.15, 0.2) is 11.7 Å². The van der Waals surface area contributed by atoms with Crippen LogP contribution in [0.25, 0.3) is 0 Å². The minimum Gasteiger partial charge on any atom is -0.370 e. The molecule has 2 aromatic heterocycles. The molecule has 1 fully saturated rings. The molecular weight excluding hydrogens is 459 g/mol. The SMILES string of the molecule is CCNC(=NCc1cc(C(C)C)no1)N1CCOC(c2cnn(C)c2)C1.I. The van der Waals surface area contributed by atoms with Crippen molar-refractivity contribution in [2.24, 2.45) is 12.0 Å². The van der Waals surface area contributed by atoms with Crippen LogP contribution in [0.15, 0.2) is 28.0 Å². The van der Waals surface area contributed by atoms with E-state index in [9.17, 15) is 0 Å². The van der Waals surface area contributed by atoms with Crippen LogP contribution in [0.3, 0.4) is 0 Å². The minimum absolute atomic E-state index is 0. The number of nitrogens with one attached hydrogen (secondary N) is 1. The van der Waals surface area contributed by atoms with Crippen molar-refractivity contribution in [3.8, 4) is 0 Å². The van der Waals surface area contributed by atoms with Gasteiger partial charge in [-0.2, -0.15) is 5.10 Å². The first-order chi connectivity index (χ1) is 12.6. The molecule has 2 aromatic rings. The molecule has 27 heavy (non-hydrogen) atoms. The quantitative estimate of drug-likeness (QED) is 0.396. The molecule has 0 spiro atoms. The molecule has 0 saturated carbocycles. The van der Waals surface area contributed by atoms with Crippen LogP contribution in [0.1, 0.15) is 49.8 Å². The van der Waals surface area contributed by atoms with Gasteiger partial charge in [0.25, 0.3) is 0 Å². The monoisotopic (exact) mass is 488 g/mol. The maximum absolute atomic E-state index is 5.92. The number of hydrogen-bond acceptors (Lipinski definition) is 5. The Morgan fingerprint density at radius 3 is 2.89 bits per heavy atom. The summed E-state index contributed by atoms with van der Waals surface area (Å²) >= 11 is 0. The van der Waals surface area contributed by atoms with E-state index in [2.05, 4.69) is 41.2 Å². The standard InChI is InChI=1S/C18H28N6O2.HI/c1-5-19-18(20-10-15-8-16(13(2)3)22-26-15)24-6-7-25-17(12-24)14-9-21-23(4)11-14;/h8-9,11,13,17H,5-7,10,12H2,1-4H3,(H,19,20);1H. The average Bonchev–Trinajstić information content (AvgIpc) is 3.28. The fourth-order valence-electron chi connectivity index (χ4n) is 2.90. The zero-order chi connectivity index (χ0) is 18.5. The first-order valence-corrected chi connectivity index (χ1v) is 9.15. The Morgan fingerprint density at radius 2 is 2.26 bits per heavy atom. The van der Waals surface area contributed by atoms with E-state index in [1.54, 1.807) is 4.68 Å². The summed E-state index contributed by atoms with van der Waals surface area (Å²) in [5.41, 5.74) is 2.05. The van der Waals surface area contributed by atoms with Crippen LogP contribution in [0.5, 0.6) is 0 Å². The molecule has 1 N–H and O–H groups in total. The number of aromatic nitrogens is 3. The molecule has 1 saturated heterocycles. The fraction of sp³-hybridized carbons (Fsp3) is 0.611. The number of halogens is 1. The first-order valence-electron chi connectivity index (χ1n) is 9.15. The first kappa shape index (κ1) is 21.7. The minimum atomic E-state index is -0.000806. The number of morpholine rings is 1. The highest BCUT2D eigenvalue weighted by Gasteiger charge is 2.25. The summed E-state index contributed by atoms with van der Waals surface area (Å²) in [6, 6.07) is 1.98. The number of rotatable bonds is 5. The van der Waals surface area contributed by atoms with E-state index in [-0.39, 0.29) is 30.1 Å². The Labute approximate surface area is 177 Å². The number of ether oxygens (including phenoxy) is 1. The molecule has 0 amide bonds. The highest BCUT2D eigenvalue weighted by molar-refractivity contribution is 14.0. The van der Waals surface area contributed by atoms with Gasteiger partial charge < -0.3 is 19.5 Å². The van der Waals surface area contributed by atoms with Crippen LogP contribution in [-0.4, -0.2) is 52.0 Å². The van der Waals surface area contributed by atoms with Crippen molar-refractivity contribution in [2.75, 3.05) is 26.2 Å². The van der Waals surface area contributed by atoms with Crippen molar-refractivity contribution >= 4 is 29.9 Å². The Morgan fingerprint density at radius 1 is 1.44 bits per heavy atom. The summed E-state index contributed by atoms with van der Waals surface area (Å²) in [5.74, 6) is 2.00. The van der Waals surface area contributed by atoms with Gasteiger partial charge in [0.1, 0.15) is 12.6 Å². The highest BCUT2D eigenvalue weighted by Crippen LogP contribution is 2.22. The van der Waals surface area contributed by atoms with Gasteiger partial charge in [-0.15, -0.1) is 24.0 Å². The van der Waals surface area contributed by atoms with Gasteiger partial charge in [-0.05, 0) is 12.8 Å². The Bertz CT molecular complexity index is 742. The molecule has 0 aliphatic carbocycles. The molecule has 1 atom stereocenters. The largest absolute Gasteiger partial charge is 0.370 e. The zero-order valence-corrected chi connectivity index (χ0v) is 18.7. The summed E-state index contributed by atoms with van der Waals surface area (Å²) in [7, 11) is 1.92. The lowest BCUT2D eigenvalue weighted by atomic mass is 10.1. The predicted octanol–water partition coefficient (Wildman–Crippen LogP) is 2.69. The Hall–Kier alpha value is -1.62. The molecule has 150 valence electrons. The van der Waals surface area contributed by atoms with Gasteiger partial charge in [0.05, 0.1) is 25.0 Å². The van der Waals surface area contributed by atoms with Gasteiger partial charge in [0, 0.05) is 38.0 Å². The molecule has 3 heterocycles. The van der Waals surface area contributed by atoms with E-state index in [0.29, 0.717) is 19.1 Å². The van der Waals surface area contributed by atoms with Gasteiger partial charge in [-0.1, -0.05) is 19.0 Å². The molecule has 3 rings (SSSR count). The van der Waals surface area contributed by atoms with E-state index in [1.165, 1.54) is 0 Å². The molecule has 0 radical (unpaired) electrons. The molecular formula is C18H29IN6O2. The van der Waals surface area contributed by atoms with Crippen molar-refractivity contribution < 1.29 is 9.26 Å². The van der Waals surface area contributed by atoms with E-state index >= 15 is 0 Å². The second-order valence-corrected chi connectivity index (χ2v) is 6.80. The van der Waals surface area contributed by atoms with Crippen LogP contribution in [0.4, 0.5) is 0 Å². The van der Waals surface area contributed by atoms with Crippen molar-refractivity contribution in [1.29, 1.82) is 0 Å². The van der Waals surface area contributed by atoms with Crippen molar-refractivity contribution in [1.82, 2.24) is 25.2 Å². The third kappa shape index (κ3) is 5.68. The van der Waals surface area contributed by atoms with Gasteiger partial charge in [-0.3, -0.25) is 4.68 Å². The van der Waals surface area contributed by atoms with E-state index in [0.717, 1.165) is 42.6 Å². The summed E-state index contributed by atoms with van der Waals surface area (Å²) in [6.45, 7) is 9.74. The lowest BCUT2D eigenvalue weighted by Crippen LogP contribution is -2.48. The molecule has 0 bridgehead atoms. The molecule has 9 heteroatoms. The van der Waals surface area contributed by atoms with Crippen LogP contribution in [-0.2, 0) is 18.3 Å². The number of guanidine groups is 1. The van der Waals surface area contributed by atoms with E-state index < -0.39 is 0 Å². The van der Waals surface area contributed by atoms with E-state index in [1.807, 2.05) is 25.5 Å². The van der Waals surface area contributed by atoms with Gasteiger partial charge >= 0.3 is 0 Å². The van der Waals surface area contributed by atoms with Crippen LogP contribution >= 0.6 is 24.0 Å². The van der Waals surface area contributed by atoms with Gasteiger partial charge in [-0.25, -0.2) is 4.99 Å². The van der Waals surface area contributed by atoms with Crippen molar-refractivity contribution in [3.63, 3.8) is 0 Å². The maximum Gasteiger partial charge on any atom is 0.194 e. The van der Waals surface area contributed by atoms with Gasteiger partial charge in [0.2, 0.25) is 0 Å². The van der Waals surface area contributed by atoms with E-state index in [4.69, 9.17) is 14.3 Å². The van der Waals surface area contributed by atoms with Crippen LogP contribution in [0, 0.1) is 0 Å². The summed E-state index contributed by atoms with van der Waals surface area (Å²) in [4.78, 5) is 6.96. The Kier molecular flexibility index (Phi) is 8.08. The number of nitrogens with zero attached hydrogens (tertiary/aromatic N) is 5. The number of aryl methyl sites for hydroxylation is 1. The second kappa shape index (κ2) is 10.1.